The predicted octanol–water partition coefficient (Wildman–Crippen LogP) is 5.40. The standard InChI is InChI=1S/C16H14Cl2O2S/c1-9-5-6-13-10(7-9)8-14(21-13)16(19)20-12-4-2-3-11(17)15(12)18/h2-4,8-9H,5-7H2,1H3/t9-/m1/s1. The molecule has 0 unspecified atom stereocenters. The van der Waals surface area contributed by atoms with E-state index in [0.717, 1.165) is 12.8 Å². The third-order valence-corrected chi connectivity index (χ3v) is 5.67. The first-order chi connectivity index (χ1) is 10.0. The van der Waals surface area contributed by atoms with Crippen LogP contribution in [0.1, 0.15) is 33.5 Å². The molecule has 0 amide bonds. The van der Waals surface area contributed by atoms with Gasteiger partial charge in [-0.15, -0.1) is 11.3 Å². The highest BCUT2D eigenvalue weighted by molar-refractivity contribution is 7.14. The van der Waals surface area contributed by atoms with Crippen LogP contribution in [0.2, 0.25) is 10.0 Å². The molecule has 1 aliphatic rings. The van der Waals surface area contributed by atoms with Gasteiger partial charge in [-0.25, -0.2) is 4.79 Å². The third kappa shape index (κ3) is 3.10. The second kappa shape index (κ2) is 5.99. The first kappa shape index (κ1) is 14.9. The Kier molecular flexibility index (Phi) is 4.25. The lowest BCUT2D eigenvalue weighted by Crippen LogP contribution is -2.08. The summed E-state index contributed by atoms with van der Waals surface area (Å²) in [5, 5.41) is 0.642. The van der Waals surface area contributed by atoms with Crippen LogP contribution >= 0.6 is 34.5 Å². The zero-order chi connectivity index (χ0) is 15.0. The average molecular weight is 341 g/mol. The molecule has 1 aromatic carbocycles. The number of thiophene rings is 1. The second-order valence-electron chi connectivity index (χ2n) is 5.35. The summed E-state index contributed by atoms with van der Waals surface area (Å²) < 4.78 is 5.37. The van der Waals surface area contributed by atoms with Crippen molar-refractivity contribution in [3.05, 3.63) is 49.6 Å². The Morgan fingerprint density at radius 3 is 3.00 bits per heavy atom. The molecule has 0 spiro atoms. The molecule has 1 aromatic heterocycles. The number of carbonyl (C=O) groups is 1. The minimum absolute atomic E-state index is 0.266. The van der Waals surface area contributed by atoms with Crippen LogP contribution in [-0.2, 0) is 12.8 Å². The lowest BCUT2D eigenvalue weighted by Gasteiger charge is -2.16. The quantitative estimate of drug-likeness (QED) is 0.540. The van der Waals surface area contributed by atoms with E-state index in [1.165, 1.54) is 28.2 Å². The van der Waals surface area contributed by atoms with Crippen LogP contribution in [0.25, 0.3) is 0 Å². The first-order valence-electron chi connectivity index (χ1n) is 6.82. The Morgan fingerprint density at radius 1 is 1.38 bits per heavy atom. The molecule has 110 valence electrons. The van der Waals surface area contributed by atoms with E-state index in [4.69, 9.17) is 27.9 Å². The number of ether oxygens (including phenoxy) is 1. The molecule has 1 heterocycles. The minimum atomic E-state index is -0.369. The number of rotatable bonds is 2. The number of benzene rings is 1. The van der Waals surface area contributed by atoms with Crippen molar-refractivity contribution in [1.29, 1.82) is 0 Å². The zero-order valence-corrected chi connectivity index (χ0v) is 13.8. The summed E-state index contributed by atoms with van der Waals surface area (Å²) in [4.78, 5) is 14.2. The van der Waals surface area contributed by atoms with E-state index in [2.05, 4.69) is 6.92 Å². The van der Waals surface area contributed by atoms with Gasteiger partial charge in [0.05, 0.1) is 5.02 Å². The number of hydrogen-bond acceptors (Lipinski definition) is 3. The van der Waals surface area contributed by atoms with Crippen molar-refractivity contribution in [3.63, 3.8) is 0 Å². The van der Waals surface area contributed by atoms with Crippen LogP contribution in [-0.4, -0.2) is 5.97 Å². The molecule has 0 N–H and O–H groups in total. The number of carbonyl (C=O) groups excluding carboxylic acids is 1. The third-order valence-electron chi connectivity index (χ3n) is 3.65. The molecule has 0 radical (unpaired) electrons. The van der Waals surface area contributed by atoms with E-state index in [-0.39, 0.29) is 11.0 Å². The average Bonchev–Trinajstić information content (AvgIpc) is 2.87. The summed E-state index contributed by atoms with van der Waals surface area (Å²) in [6.45, 7) is 2.24. The second-order valence-corrected chi connectivity index (χ2v) is 7.27. The van der Waals surface area contributed by atoms with Gasteiger partial charge >= 0.3 is 5.97 Å². The molecule has 0 bridgehead atoms. The number of hydrogen-bond donors (Lipinski definition) is 0. The summed E-state index contributed by atoms with van der Waals surface area (Å²) in [5.41, 5.74) is 1.28. The lowest BCUT2D eigenvalue weighted by molar-refractivity contribution is 0.0740. The van der Waals surface area contributed by atoms with Gasteiger partial charge in [-0.2, -0.15) is 0 Å². The maximum atomic E-state index is 12.3. The summed E-state index contributed by atoms with van der Waals surface area (Å²) in [6, 6.07) is 6.96. The van der Waals surface area contributed by atoms with Gasteiger partial charge < -0.3 is 4.74 Å². The van der Waals surface area contributed by atoms with Crippen molar-refractivity contribution in [3.8, 4) is 5.75 Å². The minimum Gasteiger partial charge on any atom is -0.421 e. The van der Waals surface area contributed by atoms with Crippen LogP contribution in [0.5, 0.6) is 5.75 Å². The van der Waals surface area contributed by atoms with Crippen LogP contribution in [0.4, 0.5) is 0 Å². The predicted molar refractivity (Wildman–Crippen MR) is 86.9 cm³/mol. The first-order valence-corrected chi connectivity index (χ1v) is 8.39. The van der Waals surface area contributed by atoms with Crippen LogP contribution in [0.15, 0.2) is 24.3 Å². The van der Waals surface area contributed by atoms with Gasteiger partial charge in [0, 0.05) is 4.88 Å². The fourth-order valence-electron chi connectivity index (χ4n) is 2.52. The fourth-order valence-corrected chi connectivity index (χ4v) is 3.93. The molecule has 0 saturated carbocycles. The number of halogens is 2. The topological polar surface area (TPSA) is 26.3 Å². The largest absolute Gasteiger partial charge is 0.421 e. The molecule has 1 atom stereocenters. The highest BCUT2D eigenvalue weighted by Crippen LogP contribution is 2.35. The smallest absolute Gasteiger partial charge is 0.353 e. The normalized spacial score (nSPS) is 17.4. The van der Waals surface area contributed by atoms with Gasteiger partial charge in [0.25, 0.3) is 0 Å². The Balaban J connectivity index is 1.81. The summed E-state index contributed by atoms with van der Waals surface area (Å²) >= 11 is 13.5. The van der Waals surface area contributed by atoms with Crippen molar-refractivity contribution in [2.75, 3.05) is 0 Å². The molecule has 0 fully saturated rings. The van der Waals surface area contributed by atoms with Crippen molar-refractivity contribution in [1.82, 2.24) is 0 Å². The van der Waals surface area contributed by atoms with Gasteiger partial charge in [-0.05, 0) is 48.9 Å². The van der Waals surface area contributed by atoms with Crippen molar-refractivity contribution < 1.29 is 9.53 Å². The molecule has 1 aliphatic carbocycles. The maximum absolute atomic E-state index is 12.3. The van der Waals surface area contributed by atoms with E-state index in [0.29, 0.717) is 21.6 Å². The van der Waals surface area contributed by atoms with Gasteiger partial charge in [0.1, 0.15) is 9.90 Å². The van der Waals surface area contributed by atoms with Gasteiger partial charge in [0.2, 0.25) is 0 Å². The summed E-state index contributed by atoms with van der Waals surface area (Å²) in [6.07, 6.45) is 3.27. The zero-order valence-electron chi connectivity index (χ0n) is 11.5. The van der Waals surface area contributed by atoms with E-state index < -0.39 is 0 Å². The van der Waals surface area contributed by atoms with E-state index in [9.17, 15) is 4.79 Å². The van der Waals surface area contributed by atoms with Crippen molar-refractivity contribution >= 4 is 40.5 Å². The lowest BCUT2D eigenvalue weighted by atomic mass is 9.90. The van der Waals surface area contributed by atoms with Crippen LogP contribution < -0.4 is 4.74 Å². The molecular formula is C16H14Cl2O2S. The molecule has 2 aromatic rings. The van der Waals surface area contributed by atoms with Crippen molar-refractivity contribution in [2.45, 2.75) is 26.2 Å². The highest BCUT2D eigenvalue weighted by Gasteiger charge is 2.22. The summed E-state index contributed by atoms with van der Waals surface area (Å²) in [7, 11) is 0. The maximum Gasteiger partial charge on any atom is 0.353 e. The Morgan fingerprint density at radius 2 is 2.19 bits per heavy atom. The van der Waals surface area contributed by atoms with Gasteiger partial charge in [0.15, 0.2) is 5.75 Å². The van der Waals surface area contributed by atoms with E-state index >= 15 is 0 Å². The highest BCUT2D eigenvalue weighted by atomic mass is 35.5. The van der Waals surface area contributed by atoms with Crippen molar-refractivity contribution in [2.24, 2.45) is 5.92 Å². The monoisotopic (exact) mass is 340 g/mol. The fraction of sp³-hybridized carbons (Fsp3) is 0.312. The van der Waals surface area contributed by atoms with Crippen LogP contribution in [0, 0.1) is 5.92 Å². The molecule has 2 nitrogen and oxygen atoms in total. The molecular weight excluding hydrogens is 327 g/mol. The Bertz CT molecular complexity index is 694. The van der Waals surface area contributed by atoms with Crippen LogP contribution in [0.3, 0.4) is 0 Å². The molecule has 3 rings (SSSR count). The molecule has 0 saturated heterocycles. The number of esters is 1. The molecule has 0 aliphatic heterocycles. The summed E-state index contributed by atoms with van der Waals surface area (Å²) in [5.74, 6) is 0.610. The SMILES string of the molecule is C[C@@H]1CCc2sc(C(=O)Oc3cccc(Cl)c3Cl)cc2C1. The van der Waals surface area contributed by atoms with Gasteiger partial charge in [-0.3, -0.25) is 0 Å². The Hall–Kier alpha value is -1.03. The molecule has 21 heavy (non-hydrogen) atoms. The molecule has 5 heteroatoms. The number of fused-ring (bicyclic) bond motifs is 1. The van der Waals surface area contributed by atoms with E-state index in [1.54, 1.807) is 18.2 Å². The number of aryl methyl sites for hydroxylation is 1. The van der Waals surface area contributed by atoms with E-state index in [1.807, 2.05) is 6.07 Å². The van der Waals surface area contributed by atoms with Gasteiger partial charge in [-0.1, -0.05) is 36.2 Å². The Labute approximate surface area is 137 Å².